The molecule has 0 aromatic heterocycles. The second kappa shape index (κ2) is 4.86. The second-order valence-electron chi connectivity index (χ2n) is 9.60. The Morgan fingerprint density at radius 2 is 1.80 bits per heavy atom. The summed E-state index contributed by atoms with van der Waals surface area (Å²) in [4.78, 5) is 23.8. The van der Waals surface area contributed by atoms with Crippen LogP contribution in [0.2, 0.25) is 0 Å². The van der Waals surface area contributed by atoms with Crippen LogP contribution in [0.25, 0.3) is 0 Å². The lowest BCUT2D eigenvalue weighted by Crippen LogP contribution is -2.53. The summed E-state index contributed by atoms with van der Waals surface area (Å²) in [5.41, 5.74) is 1.32. The molecule has 0 radical (unpaired) electrons. The van der Waals surface area contributed by atoms with E-state index in [9.17, 15) is 9.59 Å². The van der Waals surface area contributed by atoms with Gasteiger partial charge >= 0.3 is 5.97 Å². The highest BCUT2D eigenvalue weighted by Crippen LogP contribution is 2.68. The van der Waals surface area contributed by atoms with Gasteiger partial charge in [-0.05, 0) is 73.3 Å². The molecular formula is C22H28O3. The molecular weight excluding hydrogens is 312 g/mol. The normalized spacial score (nSPS) is 51.0. The predicted molar refractivity (Wildman–Crippen MR) is 94.7 cm³/mol. The molecule has 0 aromatic carbocycles. The Hall–Kier alpha value is -1.38. The van der Waals surface area contributed by atoms with Gasteiger partial charge < -0.3 is 4.74 Å². The Bertz CT molecular complexity index is 719. The summed E-state index contributed by atoms with van der Waals surface area (Å²) in [7, 11) is 0. The number of hydrogen-bond donors (Lipinski definition) is 0. The van der Waals surface area contributed by atoms with Crippen LogP contribution in [0.5, 0.6) is 0 Å². The minimum Gasteiger partial charge on any atom is -0.458 e. The Labute approximate surface area is 149 Å². The number of allylic oxidation sites excluding steroid dienone is 4. The zero-order valence-corrected chi connectivity index (χ0v) is 15.3. The fourth-order valence-electron chi connectivity index (χ4n) is 7.29. The van der Waals surface area contributed by atoms with Crippen LogP contribution in [0.3, 0.4) is 0 Å². The molecule has 0 unspecified atom stereocenters. The van der Waals surface area contributed by atoms with Gasteiger partial charge in [-0.2, -0.15) is 0 Å². The third-order valence-corrected chi connectivity index (χ3v) is 8.85. The number of carbonyl (C=O) groups is 2. The van der Waals surface area contributed by atoms with Gasteiger partial charge in [0.15, 0.2) is 5.78 Å². The van der Waals surface area contributed by atoms with E-state index in [2.05, 4.69) is 26.0 Å². The summed E-state index contributed by atoms with van der Waals surface area (Å²) in [5, 5.41) is 0. The first-order valence-corrected chi connectivity index (χ1v) is 10.0. The van der Waals surface area contributed by atoms with Crippen LogP contribution < -0.4 is 0 Å². The lowest BCUT2D eigenvalue weighted by Gasteiger charge is -2.57. The van der Waals surface area contributed by atoms with E-state index in [1.54, 1.807) is 0 Å². The standard InChI is InChI=1S/C22H28O3/c1-20-9-5-15(23)13-14(20)3-4-16-17(20)6-10-21(2)18(16)7-11-22(21)12-8-19(24)25-22/h3-4,13,16-18H,5-12H2,1-2H3/t16-,17+,18+,20+,21+,22+/m0/s1. The first-order chi connectivity index (χ1) is 11.9. The van der Waals surface area contributed by atoms with Crippen LogP contribution in [-0.4, -0.2) is 17.4 Å². The van der Waals surface area contributed by atoms with Crippen molar-refractivity contribution in [3.63, 3.8) is 0 Å². The summed E-state index contributed by atoms with van der Waals surface area (Å²) in [6.07, 6.45) is 14.3. The molecule has 3 fully saturated rings. The van der Waals surface area contributed by atoms with Crippen LogP contribution >= 0.6 is 0 Å². The average Bonchev–Trinajstić information content (AvgIpc) is 3.10. The van der Waals surface area contributed by atoms with Crippen molar-refractivity contribution < 1.29 is 14.3 Å². The highest BCUT2D eigenvalue weighted by atomic mass is 16.6. The molecule has 6 atom stereocenters. The van der Waals surface area contributed by atoms with Gasteiger partial charge in [0.2, 0.25) is 0 Å². The van der Waals surface area contributed by atoms with E-state index in [1.165, 1.54) is 18.4 Å². The molecule has 3 nitrogen and oxygen atoms in total. The molecule has 0 N–H and O–H groups in total. The molecule has 1 aliphatic heterocycles. The number of carbonyl (C=O) groups excluding carboxylic acids is 2. The van der Waals surface area contributed by atoms with Crippen molar-refractivity contribution in [3.8, 4) is 0 Å². The molecule has 0 aromatic rings. The van der Waals surface area contributed by atoms with Crippen molar-refractivity contribution in [3.05, 3.63) is 23.8 Å². The number of ether oxygens (including phenoxy) is 1. The van der Waals surface area contributed by atoms with Crippen LogP contribution in [0.1, 0.15) is 65.2 Å². The Kier molecular flexibility index (Phi) is 3.08. The topological polar surface area (TPSA) is 43.4 Å². The molecule has 5 rings (SSSR count). The Morgan fingerprint density at radius 3 is 2.56 bits per heavy atom. The van der Waals surface area contributed by atoms with E-state index in [-0.39, 0.29) is 28.2 Å². The maximum Gasteiger partial charge on any atom is 0.306 e. The number of ketones is 1. The lowest BCUT2D eigenvalue weighted by molar-refractivity contribution is -0.165. The van der Waals surface area contributed by atoms with Gasteiger partial charge in [0.25, 0.3) is 0 Å². The van der Waals surface area contributed by atoms with Crippen LogP contribution in [0, 0.1) is 28.6 Å². The molecule has 2 saturated carbocycles. The zero-order valence-electron chi connectivity index (χ0n) is 15.3. The molecule has 1 saturated heterocycles. The van der Waals surface area contributed by atoms with Crippen molar-refractivity contribution >= 4 is 11.8 Å². The largest absolute Gasteiger partial charge is 0.458 e. The summed E-state index contributed by atoms with van der Waals surface area (Å²) in [6, 6.07) is 0. The predicted octanol–water partition coefficient (Wildman–Crippen LogP) is 4.37. The minimum atomic E-state index is -0.201. The number of hydrogen-bond acceptors (Lipinski definition) is 3. The van der Waals surface area contributed by atoms with Crippen molar-refractivity contribution in [2.45, 2.75) is 70.8 Å². The van der Waals surface area contributed by atoms with Gasteiger partial charge in [0, 0.05) is 18.3 Å². The van der Waals surface area contributed by atoms with E-state index >= 15 is 0 Å². The average molecular weight is 340 g/mol. The minimum absolute atomic E-state index is 0.00570. The molecule has 0 amide bonds. The molecule has 3 heteroatoms. The zero-order chi connectivity index (χ0) is 17.4. The van der Waals surface area contributed by atoms with Gasteiger partial charge in [0.05, 0.1) is 0 Å². The highest BCUT2D eigenvalue weighted by Gasteiger charge is 2.66. The monoisotopic (exact) mass is 340 g/mol. The van der Waals surface area contributed by atoms with Gasteiger partial charge in [-0.3, -0.25) is 9.59 Å². The van der Waals surface area contributed by atoms with Crippen molar-refractivity contribution in [2.75, 3.05) is 0 Å². The fraction of sp³-hybridized carbons (Fsp3) is 0.727. The smallest absolute Gasteiger partial charge is 0.306 e. The lowest BCUT2D eigenvalue weighted by atomic mass is 9.48. The van der Waals surface area contributed by atoms with Crippen LogP contribution in [0.4, 0.5) is 0 Å². The fourth-order valence-corrected chi connectivity index (χ4v) is 7.29. The second-order valence-corrected chi connectivity index (χ2v) is 9.60. The molecule has 1 spiro atoms. The van der Waals surface area contributed by atoms with Crippen molar-refractivity contribution in [1.82, 2.24) is 0 Å². The number of fused-ring (bicyclic) bond motifs is 6. The maximum absolute atomic E-state index is 11.9. The van der Waals surface area contributed by atoms with Gasteiger partial charge in [-0.1, -0.05) is 26.0 Å². The molecule has 5 aliphatic rings. The van der Waals surface area contributed by atoms with E-state index < -0.39 is 0 Å². The first-order valence-electron chi connectivity index (χ1n) is 10.0. The molecule has 25 heavy (non-hydrogen) atoms. The van der Waals surface area contributed by atoms with Crippen LogP contribution in [-0.2, 0) is 14.3 Å². The van der Waals surface area contributed by atoms with E-state index in [0.717, 1.165) is 25.7 Å². The Morgan fingerprint density at radius 1 is 1.00 bits per heavy atom. The summed E-state index contributed by atoms with van der Waals surface area (Å²) < 4.78 is 5.99. The summed E-state index contributed by atoms with van der Waals surface area (Å²) in [6.45, 7) is 4.78. The van der Waals surface area contributed by atoms with Gasteiger partial charge in [0.1, 0.15) is 5.60 Å². The number of rotatable bonds is 0. The summed E-state index contributed by atoms with van der Waals surface area (Å²) >= 11 is 0. The van der Waals surface area contributed by atoms with Gasteiger partial charge in [-0.15, -0.1) is 0 Å². The SMILES string of the molecule is C[C@@]12CCC(=O)C=C1C=C[C@H]1[C@H]2CC[C@]2(C)[C@@H]1CC[C@@]21CCC(=O)O1. The molecule has 134 valence electrons. The van der Waals surface area contributed by atoms with Crippen molar-refractivity contribution in [2.24, 2.45) is 28.6 Å². The molecule has 1 heterocycles. The van der Waals surface area contributed by atoms with Gasteiger partial charge in [-0.25, -0.2) is 0 Å². The van der Waals surface area contributed by atoms with E-state index in [4.69, 9.17) is 4.74 Å². The summed E-state index contributed by atoms with van der Waals surface area (Å²) in [5.74, 6) is 2.08. The maximum atomic E-state index is 11.9. The Balaban J connectivity index is 1.53. The molecule has 0 bridgehead atoms. The third kappa shape index (κ3) is 1.88. The van der Waals surface area contributed by atoms with Crippen molar-refractivity contribution in [1.29, 1.82) is 0 Å². The highest BCUT2D eigenvalue weighted by molar-refractivity contribution is 5.92. The first kappa shape index (κ1) is 15.8. The third-order valence-electron chi connectivity index (χ3n) is 8.85. The quantitative estimate of drug-likeness (QED) is 0.615. The number of esters is 1. The van der Waals surface area contributed by atoms with E-state index in [1.807, 2.05) is 6.08 Å². The van der Waals surface area contributed by atoms with Crippen LogP contribution in [0.15, 0.2) is 23.8 Å². The molecule has 4 aliphatic carbocycles. The van der Waals surface area contributed by atoms with E-state index in [0.29, 0.717) is 30.6 Å².